The molecule has 2 nitrogen and oxygen atoms in total. The van der Waals surface area contributed by atoms with E-state index in [1.54, 1.807) is 0 Å². The highest BCUT2D eigenvalue weighted by atomic mass is 15.1. The maximum atomic E-state index is 4.45. The average Bonchev–Trinajstić information content (AvgIpc) is 2.63. The zero-order valence-electron chi connectivity index (χ0n) is 7.90. The number of nitrogens with zero attached hydrogens (tertiary/aromatic N) is 1. The molecular weight excluding hydrogens is 148 g/mol. The van der Waals surface area contributed by atoms with Gasteiger partial charge in [0.2, 0.25) is 0 Å². The van der Waals surface area contributed by atoms with Crippen LogP contribution in [-0.2, 0) is 0 Å². The molecule has 12 heavy (non-hydrogen) atoms. The Hall–Kier alpha value is -0.530. The molecular formula is C10H18N2. The topological polar surface area (TPSA) is 24.4 Å². The SMILES string of the molecule is CCCC1(NC2=NCCC2)CC1. The fourth-order valence-electron chi connectivity index (χ4n) is 2.01. The van der Waals surface area contributed by atoms with Crippen molar-refractivity contribution in [2.24, 2.45) is 4.99 Å². The zero-order valence-corrected chi connectivity index (χ0v) is 7.90. The molecule has 1 heterocycles. The van der Waals surface area contributed by atoms with Gasteiger partial charge in [0.05, 0.1) is 5.84 Å². The van der Waals surface area contributed by atoms with Gasteiger partial charge in [0, 0.05) is 18.5 Å². The number of nitrogens with one attached hydrogen (secondary N) is 1. The molecule has 1 aliphatic carbocycles. The Balaban J connectivity index is 1.85. The summed E-state index contributed by atoms with van der Waals surface area (Å²) in [6, 6.07) is 0. The van der Waals surface area contributed by atoms with Crippen molar-refractivity contribution in [2.45, 2.75) is 51.0 Å². The second kappa shape index (κ2) is 3.08. The average molecular weight is 166 g/mol. The molecule has 0 bridgehead atoms. The van der Waals surface area contributed by atoms with Crippen LogP contribution in [0.2, 0.25) is 0 Å². The smallest absolute Gasteiger partial charge is 0.0967 e. The molecule has 0 atom stereocenters. The van der Waals surface area contributed by atoms with Crippen LogP contribution in [-0.4, -0.2) is 17.9 Å². The summed E-state index contributed by atoms with van der Waals surface area (Å²) in [5, 5.41) is 3.62. The van der Waals surface area contributed by atoms with Crippen molar-refractivity contribution < 1.29 is 0 Å². The molecule has 2 heteroatoms. The van der Waals surface area contributed by atoms with Gasteiger partial charge in [0.15, 0.2) is 0 Å². The third-order valence-corrected chi connectivity index (χ3v) is 2.87. The minimum Gasteiger partial charge on any atom is -0.368 e. The van der Waals surface area contributed by atoms with Crippen LogP contribution >= 0.6 is 0 Å². The summed E-state index contributed by atoms with van der Waals surface area (Å²) in [4.78, 5) is 4.45. The molecule has 0 aromatic heterocycles. The van der Waals surface area contributed by atoms with E-state index < -0.39 is 0 Å². The maximum absolute atomic E-state index is 4.45. The second-order valence-corrected chi connectivity index (χ2v) is 4.09. The lowest BCUT2D eigenvalue weighted by Gasteiger charge is -2.17. The predicted molar refractivity (Wildman–Crippen MR) is 51.5 cm³/mol. The summed E-state index contributed by atoms with van der Waals surface area (Å²) < 4.78 is 0. The Morgan fingerprint density at radius 2 is 2.33 bits per heavy atom. The minimum atomic E-state index is 0.484. The van der Waals surface area contributed by atoms with Gasteiger partial charge in [-0.3, -0.25) is 4.99 Å². The summed E-state index contributed by atoms with van der Waals surface area (Å²) >= 11 is 0. The van der Waals surface area contributed by atoms with Crippen LogP contribution in [0.3, 0.4) is 0 Å². The maximum Gasteiger partial charge on any atom is 0.0967 e. The largest absolute Gasteiger partial charge is 0.368 e. The predicted octanol–water partition coefficient (Wildman–Crippen LogP) is 2.10. The molecule has 1 aliphatic heterocycles. The number of hydrogen-bond donors (Lipinski definition) is 1. The molecule has 0 aromatic rings. The first-order valence-electron chi connectivity index (χ1n) is 5.16. The molecule has 1 fully saturated rings. The molecule has 0 spiro atoms. The molecule has 2 rings (SSSR count). The molecule has 2 aliphatic rings. The third-order valence-electron chi connectivity index (χ3n) is 2.87. The quantitative estimate of drug-likeness (QED) is 0.682. The van der Waals surface area contributed by atoms with E-state index in [1.165, 1.54) is 44.4 Å². The van der Waals surface area contributed by atoms with Crippen molar-refractivity contribution in [3.05, 3.63) is 0 Å². The number of rotatable bonds is 3. The third kappa shape index (κ3) is 1.62. The normalized spacial score (nSPS) is 25.2. The highest BCUT2D eigenvalue weighted by Crippen LogP contribution is 2.39. The first-order valence-corrected chi connectivity index (χ1v) is 5.16. The molecule has 0 unspecified atom stereocenters. The van der Waals surface area contributed by atoms with Crippen molar-refractivity contribution in [3.8, 4) is 0 Å². The lowest BCUT2D eigenvalue weighted by Crippen LogP contribution is -2.35. The lowest BCUT2D eigenvalue weighted by molar-refractivity contribution is 0.538. The fourth-order valence-corrected chi connectivity index (χ4v) is 2.01. The van der Waals surface area contributed by atoms with E-state index in [1.807, 2.05) is 0 Å². The van der Waals surface area contributed by atoms with Crippen LogP contribution in [0, 0.1) is 0 Å². The highest BCUT2D eigenvalue weighted by molar-refractivity contribution is 5.84. The first kappa shape index (κ1) is 8.09. The molecule has 0 aromatic carbocycles. The zero-order chi connectivity index (χ0) is 8.44. The molecule has 1 saturated carbocycles. The van der Waals surface area contributed by atoms with Gasteiger partial charge in [-0.15, -0.1) is 0 Å². The van der Waals surface area contributed by atoms with Crippen LogP contribution in [0.4, 0.5) is 0 Å². The Kier molecular flexibility index (Phi) is 2.07. The Morgan fingerprint density at radius 3 is 2.83 bits per heavy atom. The molecule has 1 N–H and O–H groups in total. The van der Waals surface area contributed by atoms with Gasteiger partial charge >= 0.3 is 0 Å². The molecule has 0 amide bonds. The number of aliphatic imine (C=N–C) groups is 1. The molecule has 0 radical (unpaired) electrons. The Morgan fingerprint density at radius 1 is 1.50 bits per heavy atom. The van der Waals surface area contributed by atoms with Gasteiger partial charge in [0.25, 0.3) is 0 Å². The van der Waals surface area contributed by atoms with Gasteiger partial charge in [-0.1, -0.05) is 13.3 Å². The van der Waals surface area contributed by atoms with Crippen LogP contribution < -0.4 is 5.32 Å². The first-order chi connectivity index (χ1) is 5.85. The highest BCUT2D eigenvalue weighted by Gasteiger charge is 2.42. The van der Waals surface area contributed by atoms with Gasteiger partial charge < -0.3 is 5.32 Å². The van der Waals surface area contributed by atoms with Crippen LogP contribution in [0.5, 0.6) is 0 Å². The summed E-state index contributed by atoms with van der Waals surface area (Å²) in [7, 11) is 0. The van der Waals surface area contributed by atoms with E-state index in [-0.39, 0.29) is 0 Å². The Labute approximate surface area is 74.5 Å². The van der Waals surface area contributed by atoms with Crippen molar-refractivity contribution in [1.82, 2.24) is 5.32 Å². The van der Waals surface area contributed by atoms with E-state index in [0.29, 0.717) is 5.54 Å². The van der Waals surface area contributed by atoms with Gasteiger partial charge in [0.1, 0.15) is 0 Å². The van der Waals surface area contributed by atoms with Crippen molar-refractivity contribution in [3.63, 3.8) is 0 Å². The molecule has 68 valence electrons. The minimum absolute atomic E-state index is 0.484. The number of hydrogen-bond acceptors (Lipinski definition) is 2. The van der Waals surface area contributed by atoms with Crippen molar-refractivity contribution in [2.75, 3.05) is 6.54 Å². The standard InChI is InChI=1S/C10H18N2/c1-2-5-10(6-7-10)12-9-4-3-8-11-9/h2-8H2,1H3,(H,11,12). The Bertz CT molecular complexity index is 192. The van der Waals surface area contributed by atoms with Gasteiger partial charge in [-0.2, -0.15) is 0 Å². The van der Waals surface area contributed by atoms with E-state index in [0.717, 1.165) is 6.54 Å². The lowest BCUT2D eigenvalue weighted by atomic mass is 10.1. The monoisotopic (exact) mass is 166 g/mol. The number of amidine groups is 1. The second-order valence-electron chi connectivity index (χ2n) is 4.09. The van der Waals surface area contributed by atoms with E-state index in [9.17, 15) is 0 Å². The van der Waals surface area contributed by atoms with Gasteiger partial charge in [-0.05, 0) is 25.7 Å². The van der Waals surface area contributed by atoms with E-state index in [4.69, 9.17) is 0 Å². The van der Waals surface area contributed by atoms with Crippen LogP contribution in [0.25, 0.3) is 0 Å². The summed E-state index contributed by atoms with van der Waals surface area (Å²) in [6.45, 7) is 3.31. The summed E-state index contributed by atoms with van der Waals surface area (Å²) in [5.41, 5.74) is 0.484. The summed E-state index contributed by atoms with van der Waals surface area (Å²) in [5.74, 6) is 1.28. The van der Waals surface area contributed by atoms with Crippen molar-refractivity contribution >= 4 is 5.84 Å². The van der Waals surface area contributed by atoms with Gasteiger partial charge in [-0.25, -0.2) is 0 Å². The van der Waals surface area contributed by atoms with Crippen LogP contribution in [0.15, 0.2) is 4.99 Å². The fraction of sp³-hybridized carbons (Fsp3) is 0.900. The summed E-state index contributed by atoms with van der Waals surface area (Å²) in [6.07, 6.45) is 7.78. The van der Waals surface area contributed by atoms with E-state index >= 15 is 0 Å². The van der Waals surface area contributed by atoms with E-state index in [2.05, 4.69) is 17.2 Å². The van der Waals surface area contributed by atoms with Crippen LogP contribution in [0.1, 0.15) is 45.4 Å². The van der Waals surface area contributed by atoms with Crippen molar-refractivity contribution in [1.29, 1.82) is 0 Å². The molecule has 0 saturated heterocycles.